The third-order valence-corrected chi connectivity index (χ3v) is 3.74. The van der Waals surface area contributed by atoms with E-state index >= 15 is 0 Å². The van der Waals surface area contributed by atoms with Crippen molar-refractivity contribution < 1.29 is 9.47 Å². The van der Waals surface area contributed by atoms with E-state index in [1.807, 2.05) is 30.3 Å². The first-order chi connectivity index (χ1) is 10.8. The van der Waals surface area contributed by atoms with Gasteiger partial charge in [0.25, 0.3) is 0 Å². The van der Waals surface area contributed by atoms with Gasteiger partial charge in [-0.2, -0.15) is 0 Å². The summed E-state index contributed by atoms with van der Waals surface area (Å²) in [5.74, 6) is 0.548. The van der Waals surface area contributed by atoms with E-state index in [1.54, 1.807) is 16.8 Å². The van der Waals surface area contributed by atoms with Crippen LogP contribution < -0.4 is 10.4 Å². The lowest BCUT2D eigenvalue weighted by Crippen LogP contribution is -2.17. The van der Waals surface area contributed by atoms with Gasteiger partial charge >= 0.3 is 5.69 Å². The molecule has 112 valence electrons. The molecule has 1 fully saturated rings. The normalized spacial score (nSPS) is 17.9. The molecule has 1 saturated heterocycles. The molecule has 0 bridgehead atoms. The minimum absolute atomic E-state index is 0.0640. The Morgan fingerprint density at radius 2 is 2.18 bits per heavy atom. The molecule has 0 radical (unpaired) electrons. The van der Waals surface area contributed by atoms with Crippen LogP contribution in [-0.4, -0.2) is 33.9 Å². The molecule has 6 nitrogen and oxygen atoms in total. The minimum atomic E-state index is -0.180. The van der Waals surface area contributed by atoms with Crippen LogP contribution in [0.1, 0.15) is 6.42 Å². The average Bonchev–Trinajstić information content (AvgIpc) is 3.15. The smallest absolute Gasteiger partial charge is 0.331 e. The summed E-state index contributed by atoms with van der Waals surface area (Å²) in [5.41, 5.74) is 2.15. The number of nitrogens with zero attached hydrogens (tertiary/aromatic N) is 2. The first-order valence-corrected chi connectivity index (χ1v) is 7.22. The zero-order valence-electron chi connectivity index (χ0n) is 11.9. The Balaban J connectivity index is 1.67. The van der Waals surface area contributed by atoms with Crippen molar-refractivity contribution in [1.29, 1.82) is 0 Å². The van der Waals surface area contributed by atoms with Gasteiger partial charge in [0.1, 0.15) is 6.10 Å². The van der Waals surface area contributed by atoms with Gasteiger partial charge in [-0.05, 0) is 18.2 Å². The van der Waals surface area contributed by atoms with Gasteiger partial charge in [0, 0.05) is 12.5 Å². The molecule has 0 spiro atoms. The molecule has 1 N–H and O–H groups in total. The summed E-state index contributed by atoms with van der Waals surface area (Å²) in [6, 6.07) is 11.2. The largest absolute Gasteiger partial charge is 0.472 e. The lowest BCUT2D eigenvalue weighted by atomic mass is 10.3. The third kappa shape index (κ3) is 2.27. The number of aromatic nitrogens is 3. The van der Waals surface area contributed by atoms with Crippen LogP contribution in [0.4, 0.5) is 0 Å². The molecule has 6 heteroatoms. The molecule has 1 aromatic carbocycles. The number of benzene rings is 1. The highest BCUT2D eigenvalue weighted by Crippen LogP contribution is 2.18. The standard InChI is InChI=1S/C16H15N3O3/c20-16-18-13-3-1-2-4-14(13)19(16)11-5-6-15(17-9-11)22-12-7-8-21-10-12/h1-6,9,12H,7-8,10H2,(H,18,20)/t12-/m0/s1. The van der Waals surface area contributed by atoms with Gasteiger partial charge in [-0.3, -0.25) is 4.57 Å². The number of imidazole rings is 1. The number of para-hydroxylation sites is 2. The van der Waals surface area contributed by atoms with E-state index in [0.29, 0.717) is 18.2 Å². The number of nitrogens with one attached hydrogen (secondary N) is 1. The zero-order chi connectivity index (χ0) is 14.9. The molecule has 0 aliphatic carbocycles. The van der Waals surface area contributed by atoms with Gasteiger partial charge in [0.2, 0.25) is 5.88 Å². The zero-order valence-corrected chi connectivity index (χ0v) is 11.9. The summed E-state index contributed by atoms with van der Waals surface area (Å²) in [5, 5.41) is 0. The fraction of sp³-hybridized carbons (Fsp3) is 0.250. The summed E-state index contributed by atoms with van der Waals surface area (Å²) in [7, 11) is 0. The first-order valence-electron chi connectivity index (χ1n) is 7.22. The topological polar surface area (TPSA) is 69.1 Å². The second kappa shape index (κ2) is 5.31. The summed E-state index contributed by atoms with van der Waals surface area (Å²) >= 11 is 0. The van der Waals surface area contributed by atoms with E-state index in [4.69, 9.17) is 9.47 Å². The highest BCUT2D eigenvalue weighted by atomic mass is 16.5. The van der Waals surface area contributed by atoms with Gasteiger partial charge in [-0.15, -0.1) is 0 Å². The number of pyridine rings is 1. The molecule has 1 atom stereocenters. The summed E-state index contributed by atoms with van der Waals surface area (Å²) in [4.78, 5) is 19.3. The monoisotopic (exact) mass is 297 g/mol. The van der Waals surface area contributed by atoms with Gasteiger partial charge in [0.15, 0.2) is 0 Å². The number of fused-ring (bicyclic) bond motifs is 1. The van der Waals surface area contributed by atoms with Crippen LogP contribution in [-0.2, 0) is 4.74 Å². The predicted octanol–water partition coefficient (Wildman–Crippen LogP) is 1.88. The van der Waals surface area contributed by atoms with Crippen LogP contribution in [0, 0.1) is 0 Å². The molecule has 22 heavy (non-hydrogen) atoms. The Labute approximate surface area is 126 Å². The van der Waals surface area contributed by atoms with Crippen molar-refractivity contribution in [2.75, 3.05) is 13.2 Å². The van der Waals surface area contributed by atoms with E-state index in [2.05, 4.69) is 9.97 Å². The minimum Gasteiger partial charge on any atom is -0.472 e. The van der Waals surface area contributed by atoms with E-state index in [-0.39, 0.29) is 11.8 Å². The van der Waals surface area contributed by atoms with Crippen molar-refractivity contribution in [3.05, 3.63) is 53.1 Å². The second-order valence-electron chi connectivity index (χ2n) is 5.24. The summed E-state index contributed by atoms with van der Waals surface area (Å²) in [6.07, 6.45) is 2.59. The second-order valence-corrected chi connectivity index (χ2v) is 5.24. The molecular formula is C16H15N3O3. The maximum absolute atomic E-state index is 12.1. The van der Waals surface area contributed by atoms with E-state index in [9.17, 15) is 4.79 Å². The van der Waals surface area contributed by atoms with E-state index in [0.717, 1.165) is 24.1 Å². The molecule has 0 saturated carbocycles. The van der Waals surface area contributed by atoms with Crippen LogP contribution in [0.15, 0.2) is 47.4 Å². The number of H-pyrrole nitrogens is 1. The van der Waals surface area contributed by atoms with Crippen molar-refractivity contribution in [2.24, 2.45) is 0 Å². The van der Waals surface area contributed by atoms with Crippen LogP contribution in [0.2, 0.25) is 0 Å². The summed E-state index contributed by atoms with van der Waals surface area (Å²) in [6.45, 7) is 1.33. The molecule has 3 heterocycles. The fourth-order valence-electron chi connectivity index (χ4n) is 2.66. The van der Waals surface area contributed by atoms with Gasteiger partial charge in [-0.1, -0.05) is 12.1 Å². The number of hydrogen-bond acceptors (Lipinski definition) is 4. The lowest BCUT2D eigenvalue weighted by molar-refractivity contribution is 0.138. The first kappa shape index (κ1) is 13.1. The summed E-state index contributed by atoms with van der Waals surface area (Å²) < 4.78 is 12.6. The average molecular weight is 297 g/mol. The number of aromatic amines is 1. The fourth-order valence-corrected chi connectivity index (χ4v) is 2.66. The quantitative estimate of drug-likeness (QED) is 0.801. The van der Waals surface area contributed by atoms with Crippen LogP contribution in [0.25, 0.3) is 16.7 Å². The van der Waals surface area contributed by atoms with Gasteiger partial charge in [-0.25, -0.2) is 9.78 Å². The highest BCUT2D eigenvalue weighted by Gasteiger charge is 2.17. The Kier molecular flexibility index (Phi) is 3.16. The Bertz CT molecular complexity index is 845. The van der Waals surface area contributed by atoms with E-state index < -0.39 is 0 Å². The Morgan fingerprint density at radius 1 is 1.27 bits per heavy atom. The van der Waals surface area contributed by atoms with E-state index in [1.165, 1.54) is 0 Å². The van der Waals surface area contributed by atoms with Crippen LogP contribution >= 0.6 is 0 Å². The van der Waals surface area contributed by atoms with Crippen molar-refractivity contribution in [3.63, 3.8) is 0 Å². The molecular weight excluding hydrogens is 282 g/mol. The number of rotatable bonds is 3. The SMILES string of the molecule is O=c1[nH]c2ccccc2n1-c1ccc(O[C@H]2CCOC2)nc1. The third-order valence-electron chi connectivity index (χ3n) is 3.74. The van der Waals surface area contributed by atoms with Gasteiger partial charge < -0.3 is 14.5 Å². The predicted molar refractivity (Wildman–Crippen MR) is 81.5 cm³/mol. The molecule has 4 rings (SSSR count). The van der Waals surface area contributed by atoms with Crippen molar-refractivity contribution >= 4 is 11.0 Å². The van der Waals surface area contributed by atoms with Crippen molar-refractivity contribution in [3.8, 4) is 11.6 Å². The lowest BCUT2D eigenvalue weighted by Gasteiger charge is -2.11. The molecule has 3 aromatic rings. The molecule has 1 aliphatic heterocycles. The molecule has 0 amide bonds. The van der Waals surface area contributed by atoms with Gasteiger partial charge in [0.05, 0.1) is 36.1 Å². The number of ether oxygens (including phenoxy) is 2. The molecule has 2 aromatic heterocycles. The molecule has 0 unspecified atom stereocenters. The Hall–Kier alpha value is -2.60. The number of hydrogen-bond donors (Lipinski definition) is 1. The Morgan fingerprint density at radius 3 is 2.95 bits per heavy atom. The van der Waals surface area contributed by atoms with Crippen molar-refractivity contribution in [2.45, 2.75) is 12.5 Å². The highest BCUT2D eigenvalue weighted by molar-refractivity contribution is 5.77. The molecule has 1 aliphatic rings. The maximum Gasteiger partial charge on any atom is 0.331 e. The maximum atomic E-state index is 12.1. The van der Waals surface area contributed by atoms with Crippen LogP contribution in [0.3, 0.4) is 0 Å². The van der Waals surface area contributed by atoms with Crippen molar-refractivity contribution in [1.82, 2.24) is 14.5 Å². The van der Waals surface area contributed by atoms with Crippen LogP contribution in [0.5, 0.6) is 5.88 Å².